The number of aromatic nitrogens is 1. The summed E-state index contributed by atoms with van der Waals surface area (Å²) in [6, 6.07) is 11.8. The minimum absolute atomic E-state index is 0.110. The number of hydrogen-bond acceptors (Lipinski definition) is 4. The maximum atomic E-state index is 13.0. The third-order valence-corrected chi connectivity index (χ3v) is 6.09. The number of carbonyl (C=O) groups is 1. The standard InChI is InChI=1S/C18H16N2OS2/c21-18(20-11-4-2-6-16-14(20)9-12-22-16)17-8-7-15(23-17)13-5-1-3-10-19-13/h1,3,5,7-10,12H,2,4,6,11H2. The maximum Gasteiger partial charge on any atom is 0.268 e. The zero-order valence-corrected chi connectivity index (χ0v) is 14.2. The van der Waals surface area contributed by atoms with E-state index in [0.717, 1.165) is 46.9 Å². The number of fused-ring (bicyclic) bond motifs is 1. The third kappa shape index (κ3) is 2.82. The highest BCUT2D eigenvalue weighted by Gasteiger charge is 2.24. The van der Waals surface area contributed by atoms with Crippen molar-refractivity contribution in [1.29, 1.82) is 0 Å². The summed E-state index contributed by atoms with van der Waals surface area (Å²) in [5, 5.41) is 2.09. The van der Waals surface area contributed by atoms with E-state index in [1.807, 2.05) is 35.2 Å². The molecule has 0 aromatic carbocycles. The molecule has 4 heterocycles. The third-order valence-electron chi connectivity index (χ3n) is 4.03. The van der Waals surface area contributed by atoms with Gasteiger partial charge in [0.05, 0.1) is 21.1 Å². The van der Waals surface area contributed by atoms with E-state index in [1.165, 1.54) is 16.2 Å². The van der Waals surface area contributed by atoms with Crippen LogP contribution in [0.15, 0.2) is 48.0 Å². The highest BCUT2D eigenvalue weighted by Crippen LogP contribution is 2.34. The van der Waals surface area contributed by atoms with Crippen LogP contribution in [0.5, 0.6) is 0 Å². The van der Waals surface area contributed by atoms with Crippen molar-refractivity contribution < 1.29 is 4.79 Å². The smallest absolute Gasteiger partial charge is 0.268 e. The molecule has 0 atom stereocenters. The van der Waals surface area contributed by atoms with Crippen molar-refractivity contribution in [2.45, 2.75) is 19.3 Å². The lowest BCUT2D eigenvalue weighted by molar-refractivity contribution is 0.0991. The van der Waals surface area contributed by atoms with E-state index < -0.39 is 0 Å². The highest BCUT2D eigenvalue weighted by molar-refractivity contribution is 7.17. The molecular formula is C18H16N2OS2. The van der Waals surface area contributed by atoms with Crippen LogP contribution in [0.25, 0.3) is 10.6 Å². The molecule has 1 amide bonds. The monoisotopic (exact) mass is 340 g/mol. The molecule has 0 spiro atoms. The van der Waals surface area contributed by atoms with E-state index in [4.69, 9.17) is 0 Å². The molecule has 0 aliphatic carbocycles. The number of anilines is 1. The Labute approximate surface area is 143 Å². The molecular weight excluding hydrogens is 324 g/mol. The van der Waals surface area contributed by atoms with E-state index in [-0.39, 0.29) is 5.91 Å². The van der Waals surface area contributed by atoms with Gasteiger partial charge in [-0.1, -0.05) is 6.07 Å². The predicted molar refractivity (Wildman–Crippen MR) is 96.5 cm³/mol. The largest absolute Gasteiger partial charge is 0.307 e. The second kappa shape index (κ2) is 6.26. The number of rotatable bonds is 2. The summed E-state index contributed by atoms with van der Waals surface area (Å²) >= 11 is 3.28. The van der Waals surface area contributed by atoms with Crippen molar-refractivity contribution in [3.63, 3.8) is 0 Å². The minimum Gasteiger partial charge on any atom is -0.307 e. The number of nitrogens with zero attached hydrogens (tertiary/aromatic N) is 2. The summed E-state index contributed by atoms with van der Waals surface area (Å²) in [7, 11) is 0. The van der Waals surface area contributed by atoms with Gasteiger partial charge < -0.3 is 4.90 Å². The van der Waals surface area contributed by atoms with E-state index in [1.54, 1.807) is 17.5 Å². The average Bonchev–Trinajstić information content (AvgIpc) is 3.21. The summed E-state index contributed by atoms with van der Waals surface area (Å²) in [6.45, 7) is 0.805. The Morgan fingerprint density at radius 2 is 2.09 bits per heavy atom. The SMILES string of the molecule is O=C(c1ccc(-c2ccccn2)s1)N1CCCCc2sccc21. The van der Waals surface area contributed by atoms with Crippen LogP contribution in [0.2, 0.25) is 0 Å². The Bertz CT molecular complexity index is 822. The van der Waals surface area contributed by atoms with Crippen LogP contribution in [-0.2, 0) is 6.42 Å². The van der Waals surface area contributed by atoms with Gasteiger partial charge in [-0.25, -0.2) is 0 Å². The lowest BCUT2D eigenvalue weighted by Crippen LogP contribution is -2.30. The van der Waals surface area contributed by atoms with Crippen molar-refractivity contribution >= 4 is 34.3 Å². The topological polar surface area (TPSA) is 33.2 Å². The number of pyridine rings is 1. The quantitative estimate of drug-likeness (QED) is 0.668. The van der Waals surface area contributed by atoms with Crippen LogP contribution < -0.4 is 4.90 Å². The molecule has 0 saturated carbocycles. The number of carbonyl (C=O) groups excluding carboxylic acids is 1. The summed E-state index contributed by atoms with van der Waals surface area (Å²) < 4.78 is 0. The van der Waals surface area contributed by atoms with Gasteiger partial charge in [0.1, 0.15) is 0 Å². The maximum absolute atomic E-state index is 13.0. The number of thiophene rings is 2. The van der Waals surface area contributed by atoms with Gasteiger partial charge in [-0.3, -0.25) is 9.78 Å². The highest BCUT2D eigenvalue weighted by atomic mass is 32.1. The minimum atomic E-state index is 0.110. The fourth-order valence-electron chi connectivity index (χ4n) is 2.88. The van der Waals surface area contributed by atoms with E-state index in [0.29, 0.717) is 0 Å². The van der Waals surface area contributed by atoms with Crippen LogP contribution >= 0.6 is 22.7 Å². The Morgan fingerprint density at radius 1 is 1.13 bits per heavy atom. The van der Waals surface area contributed by atoms with Gasteiger partial charge in [0.2, 0.25) is 0 Å². The molecule has 1 aliphatic rings. The van der Waals surface area contributed by atoms with Crippen molar-refractivity contribution in [3.05, 3.63) is 57.7 Å². The van der Waals surface area contributed by atoms with Crippen LogP contribution in [0.4, 0.5) is 5.69 Å². The van der Waals surface area contributed by atoms with Crippen LogP contribution in [0, 0.1) is 0 Å². The zero-order valence-electron chi connectivity index (χ0n) is 12.6. The zero-order chi connectivity index (χ0) is 15.6. The molecule has 5 heteroatoms. The molecule has 0 unspecified atom stereocenters. The molecule has 4 rings (SSSR count). The summed E-state index contributed by atoms with van der Waals surface area (Å²) in [5.74, 6) is 0.110. The Balaban J connectivity index is 1.64. The molecule has 1 aliphatic heterocycles. The molecule has 0 radical (unpaired) electrons. The normalized spacial score (nSPS) is 14.3. The van der Waals surface area contributed by atoms with Crippen LogP contribution in [0.3, 0.4) is 0 Å². The lowest BCUT2D eigenvalue weighted by atomic mass is 10.2. The molecule has 0 N–H and O–H groups in total. The van der Waals surface area contributed by atoms with Crippen LogP contribution in [-0.4, -0.2) is 17.4 Å². The fraction of sp³-hybridized carbons (Fsp3) is 0.222. The Hall–Kier alpha value is -1.98. The second-order valence-electron chi connectivity index (χ2n) is 5.52. The summed E-state index contributed by atoms with van der Waals surface area (Å²) in [4.78, 5) is 22.4. The number of amides is 1. The van der Waals surface area contributed by atoms with Crippen molar-refractivity contribution in [3.8, 4) is 10.6 Å². The Kier molecular flexibility index (Phi) is 3.97. The fourth-order valence-corrected chi connectivity index (χ4v) is 4.73. The molecule has 3 nitrogen and oxygen atoms in total. The van der Waals surface area contributed by atoms with E-state index >= 15 is 0 Å². The van der Waals surface area contributed by atoms with Gasteiger partial charge in [-0.05, 0) is 55.0 Å². The summed E-state index contributed by atoms with van der Waals surface area (Å²) in [5.41, 5.74) is 2.02. The molecule has 0 bridgehead atoms. The molecule has 23 heavy (non-hydrogen) atoms. The number of hydrogen-bond donors (Lipinski definition) is 0. The lowest BCUT2D eigenvalue weighted by Gasteiger charge is -2.20. The van der Waals surface area contributed by atoms with Crippen molar-refractivity contribution in [2.75, 3.05) is 11.4 Å². The summed E-state index contributed by atoms with van der Waals surface area (Å²) in [6.07, 6.45) is 5.08. The Morgan fingerprint density at radius 3 is 2.96 bits per heavy atom. The van der Waals surface area contributed by atoms with Gasteiger partial charge in [0.15, 0.2) is 0 Å². The first kappa shape index (κ1) is 14.6. The first-order valence-corrected chi connectivity index (χ1v) is 9.42. The van der Waals surface area contributed by atoms with E-state index in [2.05, 4.69) is 16.4 Å². The first-order chi connectivity index (χ1) is 11.3. The molecule has 3 aromatic heterocycles. The van der Waals surface area contributed by atoms with Crippen molar-refractivity contribution in [1.82, 2.24) is 4.98 Å². The van der Waals surface area contributed by atoms with Gasteiger partial charge in [-0.15, -0.1) is 22.7 Å². The molecule has 116 valence electrons. The van der Waals surface area contributed by atoms with Gasteiger partial charge in [0, 0.05) is 17.6 Å². The van der Waals surface area contributed by atoms with Crippen molar-refractivity contribution in [2.24, 2.45) is 0 Å². The molecule has 0 fully saturated rings. The first-order valence-electron chi connectivity index (χ1n) is 7.72. The average molecular weight is 340 g/mol. The predicted octanol–water partition coefficient (Wildman–Crippen LogP) is 4.85. The second-order valence-corrected chi connectivity index (χ2v) is 7.61. The number of aryl methyl sites for hydroxylation is 1. The van der Waals surface area contributed by atoms with Crippen LogP contribution in [0.1, 0.15) is 27.4 Å². The van der Waals surface area contributed by atoms with Gasteiger partial charge >= 0.3 is 0 Å². The van der Waals surface area contributed by atoms with E-state index in [9.17, 15) is 4.79 Å². The molecule has 0 saturated heterocycles. The molecule has 3 aromatic rings. The van der Waals surface area contributed by atoms with Gasteiger partial charge in [-0.2, -0.15) is 0 Å². The van der Waals surface area contributed by atoms with Gasteiger partial charge in [0.25, 0.3) is 5.91 Å².